The van der Waals surface area contributed by atoms with E-state index < -0.39 is 22.0 Å². The van der Waals surface area contributed by atoms with Crippen LogP contribution in [0, 0.1) is 0 Å². The minimum absolute atomic E-state index is 0.0220. The molecule has 0 saturated heterocycles. The third-order valence-electron chi connectivity index (χ3n) is 2.48. The zero-order valence-electron chi connectivity index (χ0n) is 11.4. The summed E-state index contributed by atoms with van der Waals surface area (Å²) in [6.07, 6.45) is -0.0744. The number of carboxylic acids is 1. The molecule has 0 aromatic heterocycles. The van der Waals surface area contributed by atoms with Crippen LogP contribution in [0.2, 0.25) is 0 Å². The lowest BCUT2D eigenvalue weighted by Crippen LogP contribution is -2.36. The summed E-state index contributed by atoms with van der Waals surface area (Å²) < 4.78 is 31.0. The van der Waals surface area contributed by atoms with Gasteiger partial charge in [-0.25, -0.2) is 8.42 Å². The molecule has 0 spiro atoms. The van der Waals surface area contributed by atoms with E-state index in [4.69, 9.17) is 9.84 Å². The van der Waals surface area contributed by atoms with Gasteiger partial charge in [-0.1, -0.05) is 30.3 Å². The van der Waals surface area contributed by atoms with Crippen LogP contribution < -0.4 is 4.72 Å². The fraction of sp³-hybridized carbons (Fsp3) is 0.462. The van der Waals surface area contributed by atoms with E-state index in [2.05, 4.69) is 4.72 Å². The van der Waals surface area contributed by atoms with Gasteiger partial charge in [0.05, 0.1) is 18.5 Å². The van der Waals surface area contributed by atoms with E-state index in [9.17, 15) is 13.2 Å². The summed E-state index contributed by atoms with van der Waals surface area (Å²) in [7, 11) is -3.73. The molecule has 0 heterocycles. The van der Waals surface area contributed by atoms with Crippen molar-refractivity contribution in [2.24, 2.45) is 0 Å². The minimum Gasteiger partial charge on any atom is -0.480 e. The molecule has 1 aromatic carbocycles. The molecule has 20 heavy (non-hydrogen) atoms. The van der Waals surface area contributed by atoms with Gasteiger partial charge in [-0.05, 0) is 19.4 Å². The first-order chi connectivity index (χ1) is 9.32. The van der Waals surface area contributed by atoms with Crippen molar-refractivity contribution in [1.29, 1.82) is 0 Å². The maximum absolute atomic E-state index is 11.8. The molecule has 0 aliphatic carbocycles. The molecule has 6 nitrogen and oxygen atoms in total. The Morgan fingerprint density at radius 2 is 1.90 bits per heavy atom. The van der Waals surface area contributed by atoms with Gasteiger partial charge in [-0.3, -0.25) is 4.79 Å². The number of ether oxygens (including phenoxy) is 1. The molecule has 0 aliphatic rings. The summed E-state index contributed by atoms with van der Waals surface area (Å²) in [6.45, 7) is 3.61. The Morgan fingerprint density at radius 3 is 2.40 bits per heavy atom. The van der Waals surface area contributed by atoms with Crippen molar-refractivity contribution in [3.05, 3.63) is 35.9 Å². The molecular weight excluding hydrogens is 282 g/mol. The topological polar surface area (TPSA) is 92.7 Å². The number of carboxylic acid groups (broad SMARTS) is 1. The zero-order valence-corrected chi connectivity index (χ0v) is 12.3. The molecule has 0 radical (unpaired) electrons. The highest BCUT2D eigenvalue weighted by atomic mass is 32.2. The summed E-state index contributed by atoms with van der Waals surface area (Å²) in [5.41, 5.74) is 0.383. The summed E-state index contributed by atoms with van der Waals surface area (Å²) in [6, 6.07) is 6.87. The Morgan fingerprint density at radius 1 is 1.30 bits per heavy atom. The fourth-order valence-electron chi connectivity index (χ4n) is 1.54. The Hall–Kier alpha value is -1.44. The van der Waals surface area contributed by atoms with Crippen LogP contribution in [0.3, 0.4) is 0 Å². The molecule has 0 aliphatic heterocycles. The first kappa shape index (κ1) is 16.6. The third kappa shape index (κ3) is 5.68. The van der Waals surface area contributed by atoms with Crippen molar-refractivity contribution < 1.29 is 23.1 Å². The van der Waals surface area contributed by atoms with Crippen LogP contribution in [-0.2, 0) is 19.6 Å². The molecule has 0 saturated carbocycles. The smallest absolute Gasteiger partial charge is 0.326 e. The molecule has 0 fully saturated rings. The van der Waals surface area contributed by atoms with Gasteiger partial charge in [0.2, 0.25) is 10.0 Å². The number of benzene rings is 1. The molecule has 0 amide bonds. The molecular formula is C13H19NO5S. The van der Waals surface area contributed by atoms with Crippen molar-refractivity contribution in [2.75, 3.05) is 12.4 Å². The number of hydrogen-bond donors (Lipinski definition) is 2. The summed E-state index contributed by atoms with van der Waals surface area (Å²) >= 11 is 0. The van der Waals surface area contributed by atoms with Crippen molar-refractivity contribution in [1.82, 2.24) is 4.72 Å². The second kappa shape index (κ2) is 7.37. The standard InChI is InChI=1S/C13H19NO5S/c1-10(2)19-8-9-20(17,18)14-12(13(15)16)11-6-4-3-5-7-11/h3-7,10,12,14H,8-9H2,1-2H3,(H,15,16)/t12-/m1/s1. The fourth-order valence-corrected chi connectivity index (χ4v) is 2.57. The van der Waals surface area contributed by atoms with Gasteiger partial charge in [0.25, 0.3) is 0 Å². The van der Waals surface area contributed by atoms with Gasteiger partial charge in [0.15, 0.2) is 0 Å². The molecule has 0 bridgehead atoms. The summed E-state index contributed by atoms with van der Waals surface area (Å²) in [5, 5.41) is 9.15. The summed E-state index contributed by atoms with van der Waals surface area (Å²) in [5.74, 6) is -1.52. The third-order valence-corrected chi connectivity index (χ3v) is 3.78. The number of sulfonamides is 1. The van der Waals surface area contributed by atoms with Crippen LogP contribution in [0.4, 0.5) is 0 Å². The Labute approximate surface area is 118 Å². The Kier molecular flexibility index (Phi) is 6.12. The maximum atomic E-state index is 11.8. The molecule has 1 aromatic rings. The normalized spacial score (nSPS) is 13.3. The number of carbonyl (C=O) groups is 1. The van der Waals surface area contributed by atoms with Gasteiger partial charge < -0.3 is 9.84 Å². The number of nitrogens with one attached hydrogen (secondary N) is 1. The van der Waals surface area contributed by atoms with E-state index in [1.165, 1.54) is 0 Å². The molecule has 112 valence electrons. The lowest BCUT2D eigenvalue weighted by molar-refractivity contribution is -0.139. The van der Waals surface area contributed by atoms with E-state index in [-0.39, 0.29) is 18.5 Å². The first-order valence-electron chi connectivity index (χ1n) is 6.21. The van der Waals surface area contributed by atoms with Crippen LogP contribution in [0.5, 0.6) is 0 Å². The average Bonchev–Trinajstić information content (AvgIpc) is 2.36. The van der Waals surface area contributed by atoms with Crippen molar-refractivity contribution in [2.45, 2.75) is 26.0 Å². The molecule has 1 atom stereocenters. The number of aliphatic carboxylic acids is 1. The van der Waals surface area contributed by atoms with E-state index in [1.54, 1.807) is 44.2 Å². The molecule has 2 N–H and O–H groups in total. The highest BCUT2D eigenvalue weighted by molar-refractivity contribution is 7.89. The van der Waals surface area contributed by atoms with Gasteiger partial charge in [0.1, 0.15) is 6.04 Å². The van der Waals surface area contributed by atoms with Crippen LogP contribution in [0.15, 0.2) is 30.3 Å². The maximum Gasteiger partial charge on any atom is 0.326 e. The monoisotopic (exact) mass is 301 g/mol. The summed E-state index contributed by atoms with van der Waals surface area (Å²) in [4.78, 5) is 11.2. The van der Waals surface area contributed by atoms with Crippen LogP contribution in [-0.4, -0.2) is 38.0 Å². The minimum atomic E-state index is -3.73. The highest BCUT2D eigenvalue weighted by Crippen LogP contribution is 2.14. The number of hydrogen-bond acceptors (Lipinski definition) is 4. The van der Waals surface area contributed by atoms with E-state index in [0.717, 1.165) is 0 Å². The Balaban J connectivity index is 2.73. The first-order valence-corrected chi connectivity index (χ1v) is 7.86. The lowest BCUT2D eigenvalue weighted by atomic mass is 10.1. The predicted octanol–water partition coefficient (Wildman–Crippen LogP) is 1.16. The lowest BCUT2D eigenvalue weighted by Gasteiger charge is -2.15. The number of rotatable bonds is 8. The van der Waals surface area contributed by atoms with Crippen molar-refractivity contribution in [3.63, 3.8) is 0 Å². The van der Waals surface area contributed by atoms with Crippen molar-refractivity contribution in [3.8, 4) is 0 Å². The predicted molar refractivity (Wildman–Crippen MR) is 74.8 cm³/mol. The van der Waals surface area contributed by atoms with Crippen LogP contribution in [0.1, 0.15) is 25.5 Å². The van der Waals surface area contributed by atoms with E-state index in [1.807, 2.05) is 0 Å². The largest absolute Gasteiger partial charge is 0.480 e. The molecule has 7 heteroatoms. The second-order valence-electron chi connectivity index (χ2n) is 4.54. The zero-order chi connectivity index (χ0) is 15.2. The highest BCUT2D eigenvalue weighted by Gasteiger charge is 2.25. The SMILES string of the molecule is CC(C)OCCS(=O)(=O)N[C@@H](C(=O)O)c1ccccc1. The van der Waals surface area contributed by atoms with Crippen molar-refractivity contribution >= 4 is 16.0 Å². The van der Waals surface area contributed by atoms with Crippen LogP contribution in [0.25, 0.3) is 0 Å². The Bertz CT molecular complexity index is 527. The van der Waals surface area contributed by atoms with Gasteiger partial charge in [-0.15, -0.1) is 0 Å². The average molecular weight is 301 g/mol. The van der Waals surface area contributed by atoms with E-state index >= 15 is 0 Å². The van der Waals surface area contributed by atoms with Gasteiger partial charge >= 0.3 is 5.97 Å². The van der Waals surface area contributed by atoms with Gasteiger partial charge in [-0.2, -0.15) is 4.72 Å². The van der Waals surface area contributed by atoms with E-state index in [0.29, 0.717) is 5.56 Å². The van der Waals surface area contributed by atoms with Gasteiger partial charge in [0, 0.05) is 0 Å². The molecule has 0 unspecified atom stereocenters. The second-order valence-corrected chi connectivity index (χ2v) is 6.41. The molecule has 1 rings (SSSR count). The van der Waals surface area contributed by atoms with Crippen LogP contribution >= 0.6 is 0 Å². The quantitative estimate of drug-likeness (QED) is 0.751.